The molecule has 0 unspecified atom stereocenters. The second-order valence-electron chi connectivity index (χ2n) is 5.54. The molecule has 0 N–H and O–H groups in total. The first-order valence-corrected chi connectivity index (χ1v) is 13.1. The molecule has 6 heteroatoms. The molecule has 0 heterocycles. The highest BCUT2D eigenvalue weighted by molar-refractivity contribution is 7.96. The topological polar surface area (TPSA) is 36.9 Å². The number of methoxy groups -OCH3 is 2. The molecule has 0 aliphatic heterocycles. The van der Waals surface area contributed by atoms with E-state index in [4.69, 9.17) is 18.9 Å². The maximum Gasteiger partial charge on any atom is 0.146 e. The van der Waals surface area contributed by atoms with Gasteiger partial charge in [-0.2, -0.15) is 0 Å². The molecule has 0 fully saturated rings. The Kier molecular flexibility index (Phi) is 10.1. The molecule has 22 heavy (non-hydrogen) atoms. The van der Waals surface area contributed by atoms with E-state index in [1.807, 2.05) is 0 Å². The standard InChI is InChI=1S/C16H29O4PSi/c1-17-14-19-10-12-21(13-11-20-15-18-2)22(3,4)16-8-6-5-7-9-16/h5-9H,10-15H2,1-4H3. The van der Waals surface area contributed by atoms with Crippen molar-refractivity contribution < 1.29 is 18.9 Å². The van der Waals surface area contributed by atoms with Crippen LogP contribution in [0.5, 0.6) is 0 Å². The summed E-state index contributed by atoms with van der Waals surface area (Å²) in [6.45, 7) is 7.18. The first-order chi connectivity index (χ1) is 10.6. The fraction of sp³-hybridized carbons (Fsp3) is 0.625. The fourth-order valence-electron chi connectivity index (χ4n) is 2.33. The highest BCUT2D eigenvalue weighted by Gasteiger charge is 2.32. The summed E-state index contributed by atoms with van der Waals surface area (Å²) in [7, 11) is 1.67. The smallest absolute Gasteiger partial charge is 0.146 e. The SMILES string of the molecule is COCOCCP(CCOCOC)[Si](C)(C)c1ccccc1. The normalized spacial score (nSPS) is 12.0. The van der Waals surface area contributed by atoms with Gasteiger partial charge in [0.1, 0.15) is 21.3 Å². The molecule has 0 aromatic heterocycles. The molecule has 0 aliphatic rings. The van der Waals surface area contributed by atoms with Crippen LogP contribution in [0.3, 0.4) is 0 Å². The molecule has 0 radical (unpaired) electrons. The summed E-state index contributed by atoms with van der Waals surface area (Å²) in [5, 5.41) is 1.51. The Morgan fingerprint density at radius 1 is 0.864 bits per heavy atom. The fourth-order valence-corrected chi connectivity index (χ4v) is 11.2. The van der Waals surface area contributed by atoms with Crippen molar-refractivity contribution in [1.29, 1.82) is 0 Å². The molecule has 0 spiro atoms. The molecule has 0 bridgehead atoms. The van der Waals surface area contributed by atoms with Gasteiger partial charge in [0, 0.05) is 14.2 Å². The summed E-state index contributed by atoms with van der Waals surface area (Å²) >= 11 is 0. The average molecular weight is 344 g/mol. The quantitative estimate of drug-likeness (QED) is 0.253. The van der Waals surface area contributed by atoms with Crippen LogP contribution in [-0.2, 0) is 18.9 Å². The summed E-state index contributed by atoms with van der Waals surface area (Å²) in [5.74, 6) is 0. The van der Waals surface area contributed by atoms with Gasteiger partial charge < -0.3 is 18.9 Å². The molecule has 0 saturated heterocycles. The summed E-state index contributed by atoms with van der Waals surface area (Å²) in [4.78, 5) is 0. The van der Waals surface area contributed by atoms with Crippen molar-refractivity contribution in [3.63, 3.8) is 0 Å². The lowest BCUT2D eigenvalue weighted by atomic mass is 10.4. The first kappa shape index (κ1) is 19.8. The van der Waals surface area contributed by atoms with Crippen LogP contribution >= 0.6 is 7.47 Å². The predicted octanol–water partition coefficient (Wildman–Crippen LogP) is 2.82. The zero-order valence-corrected chi connectivity index (χ0v) is 16.1. The zero-order valence-electron chi connectivity index (χ0n) is 14.2. The van der Waals surface area contributed by atoms with Gasteiger partial charge in [-0.05, 0) is 12.3 Å². The summed E-state index contributed by atoms with van der Waals surface area (Å²) < 4.78 is 21.0. The van der Waals surface area contributed by atoms with Gasteiger partial charge in [-0.3, -0.25) is 0 Å². The third-order valence-electron chi connectivity index (χ3n) is 3.68. The van der Waals surface area contributed by atoms with E-state index in [0.717, 1.165) is 25.5 Å². The maximum atomic E-state index is 5.52. The van der Waals surface area contributed by atoms with Crippen molar-refractivity contribution in [2.24, 2.45) is 0 Å². The van der Waals surface area contributed by atoms with Crippen molar-refractivity contribution in [2.75, 3.05) is 53.3 Å². The molecule has 0 amide bonds. The Morgan fingerprint density at radius 2 is 1.36 bits per heavy atom. The van der Waals surface area contributed by atoms with Crippen LogP contribution < -0.4 is 5.19 Å². The number of hydrogen-bond acceptors (Lipinski definition) is 4. The van der Waals surface area contributed by atoms with Crippen LogP contribution in [-0.4, -0.2) is 61.1 Å². The van der Waals surface area contributed by atoms with Crippen molar-refractivity contribution in [3.05, 3.63) is 30.3 Å². The van der Waals surface area contributed by atoms with Gasteiger partial charge in [-0.25, -0.2) is 0 Å². The lowest BCUT2D eigenvalue weighted by Gasteiger charge is -2.34. The summed E-state index contributed by atoms with van der Waals surface area (Å²) in [5.41, 5.74) is 0. The number of benzene rings is 1. The van der Waals surface area contributed by atoms with Crippen molar-refractivity contribution in [2.45, 2.75) is 13.1 Å². The molecular weight excluding hydrogens is 315 g/mol. The summed E-state index contributed by atoms with van der Waals surface area (Å²) in [6, 6.07) is 10.9. The third-order valence-corrected chi connectivity index (χ3v) is 15.3. The van der Waals surface area contributed by atoms with E-state index in [2.05, 4.69) is 43.4 Å². The van der Waals surface area contributed by atoms with Crippen LogP contribution in [0.4, 0.5) is 0 Å². The number of ether oxygens (including phenoxy) is 4. The second kappa shape index (κ2) is 11.3. The van der Waals surface area contributed by atoms with Gasteiger partial charge in [0.05, 0.1) is 13.2 Å². The molecule has 0 atom stereocenters. The highest BCUT2D eigenvalue weighted by atomic mass is 31.4. The second-order valence-corrected chi connectivity index (χ2v) is 16.5. The maximum absolute atomic E-state index is 5.52. The minimum absolute atomic E-state index is 0.136. The van der Waals surface area contributed by atoms with Crippen LogP contribution in [0.2, 0.25) is 13.1 Å². The molecule has 1 aromatic carbocycles. The lowest BCUT2D eigenvalue weighted by molar-refractivity contribution is -0.0253. The van der Waals surface area contributed by atoms with Gasteiger partial charge in [-0.1, -0.05) is 48.6 Å². The van der Waals surface area contributed by atoms with Crippen LogP contribution in [0.1, 0.15) is 0 Å². The molecule has 0 aliphatic carbocycles. The van der Waals surface area contributed by atoms with E-state index >= 15 is 0 Å². The van der Waals surface area contributed by atoms with Gasteiger partial charge in [-0.15, -0.1) is 7.47 Å². The van der Waals surface area contributed by atoms with E-state index in [0.29, 0.717) is 13.6 Å². The van der Waals surface area contributed by atoms with Crippen molar-refractivity contribution in [1.82, 2.24) is 0 Å². The van der Waals surface area contributed by atoms with Gasteiger partial charge in [0.25, 0.3) is 0 Å². The van der Waals surface area contributed by atoms with E-state index in [-0.39, 0.29) is 7.47 Å². The van der Waals surface area contributed by atoms with E-state index < -0.39 is 7.74 Å². The Hall–Kier alpha value is -0.293. The lowest BCUT2D eigenvalue weighted by Crippen LogP contribution is -2.41. The van der Waals surface area contributed by atoms with Gasteiger partial charge in [0.15, 0.2) is 0 Å². The Morgan fingerprint density at radius 3 is 1.82 bits per heavy atom. The Labute approximate surface area is 136 Å². The van der Waals surface area contributed by atoms with Crippen LogP contribution in [0, 0.1) is 0 Å². The number of rotatable bonds is 12. The molecule has 4 nitrogen and oxygen atoms in total. The van der Waals surface area contributed by atoms with Crippen molar-refractivity contribution >= 4 is 20.4 Å². The highest BCUT2D eigenvalue weighted by Crippen LogP contribution is 2.45. The molecule has 1 aromatic rings. The molecule has 0 saturated carbocycles. The monoisotopic (exact) mass is 344 g/mol. The van der Waals surface area contributed by atoms with E-state index in [9.17, 15) is 0 Å². The predicted molar refractivity (Wildman–Crippen MR) is 95.9 cm³/mol. The Bertz CT molecular complexity index is 377. The molecule has 1 rings (SSSR count). The van der Waals surface area contributed by atoms with Crippen LogP contribution in [0.15, 0.2) is 30.3 Å². The first-order valence-electron chi connectivity index (χ1n) is 7.57. The Balaban J connectivity index is 2.65. The average Bonchev–Trinajstić information content (AvgIpc) is 2.54. The summed E-state index contributed by atoms with van der Waals surface area (Å²) in [6.07, 6.45) is 2.20. The molecular formula is C16H29O4PSi. The zero-order chi connectivity index (χ0) is 16.3. The van der Waals surface area contributed by atoms with Gasteiger partial charge >= 0.3 is 0 Å². The third kappa shape index (κ3) is 6.86. The minimum Gasteiger partial charge on any atom is -0.359 e. The largest absolute Gasteiger partial charge is 0.359 e. The van der Waals surface area contributed by atoms with Gasteiger partial charge in [0.2, 0.25) is 0 Å². The number of hydrogen-bond donors (Lipinski definition) is 0. The molecule has 126 valence electrons. The van der Waals surface area contributed by atoms with Crippen LogP contribution in [0.25, 0.3) is 0 Å². The van der Waals surface area contributed by atoms with E-state index in [1.165, 1.54) is 5.19 Å². The minimum atomic E-state index is -1.51. The van der Waals surface area contributed by atoms with Crippen molar-refractivity contribution in [3.8, 4) is 0 Å². The van der Waals surface area contributed by atoms with E-state index in [1.54, 1.807) is 14.2 Å².